The first-order valence-corrected chi connectivity index (χ1v) is 15.7. The van der Waals surface area contributed by atoms with Crippen LogP contribution in [0.3, 0.4) is 0 Å². The molecule has 1 amide bonds. The number of hydrogen-bond acceptors (Lipinski definition) is 8. The molecule has 0 saturated heterocycles. The van der Waals surface area contributed by atoms with Gasteiger partial charge < -0.3 is 25.8 Å². The van der Waals surface area contributed by atoms with Crippen LogP contribution in [0.5, 0.6) is 11.5 Å². The molecule has 1 heterocycles. The van der Waals surface area contributed by atoms with E-state index in [1.807, 2.05) is 51.1 Å². The van der Waals surface area contributed by atoms with Crippen molar-refractivity contribution >= 4 is 38.0 Å². The Morgan fingerprint density at radius 1 is 1.05 bits per heavy atom. The summed E-state index contributed by atoms with van der Waals surface area (Å²) in [5.41, 5.74) is 7.95. The molecular formula is C32H36N4O5S. The normalized spacial score (nSPS) is 14.0. The van der Waals surface area contributed by atoms with Gasteiger partial charge in [-0.3, -0.25) is 4.79 Å². The maximum atomic E-state index is 13.9. The van der Waals surface area contributed by atoms with Crippen LogP contribution in [0.2, 0.25) is 0 Å². The molecule has 0 radical (unpaired) electrons. The van der Waals surface area contributed by atoms with Crippen molar-refractivity contribution in [3.05, 3.63) is 84.1 Å². The molecule has 1 fully saturated rings. The van der Waals surface area contributed by atoms with Gasteiger partial charge in [-0.25, -0.2) is 13.4 Å². The molecule has 3 aromatic carbocycles. The fourth-order valence-corrected chi connectivity index (χ4v) is 6.74. The minimum atomic E-state index is -3.43. The van der Waals surface area contributed by atoms with Crippen molar-refractivity contribution in [2.24, 2.45) is 0 Å². The zero-order chi connectivity index (χ0) is 29.9. The molecule has 0 bridgehead atoms. The number of ether oxygens (including phenoxy) is 2. The number of fused-ring (bicyclic) bond motifs is 1. The van der Waals surface area contributed by atoms with Crippen LogP contribution in [0, 0.1) is 0 Å². The van der Waals surface area contributed by atoms with Gasteiger partial charge in [0.2, 0.25) is 5.91 Å². The minimum absolute atomic E-state index is 0.0567. The van der Waals surface area contributed by atoms with Crippen LogP contribution in [0.4, 0.5) is 11.5 Å². The number of rotatable bonds is 12. The van der Waals surface area contributed by atoms with Crippen LogP contribution < -0.4 is 25.8 Å². The predicted octanol–water partition coefficient (Wildman–Crippen LogP) is 5.41. The van der Waals surface area contributed by atoms with Crippen LogP contribution in [-0.4, -0.2) is 37.3 Å². The van der Waals surface area contributed by atoms with Crippen LogP contribution in [0.25, 0.3) is 10.8 Å². The number of sulfone groups is 1. The Balaban J connectivity index is 1.47. The highest BCUT2D eigenvalue weighted by Crippen LogP contribution is 2.36. The molecule has 0 spiro atoms. The van der Waals surface area contributed by atoms with Gasteiger partial charge in [-0.05, 0) is 92.6 Å². The Morgan fingerprint density at radius 3 is 2.57 bits per heavy atom. The van der Waals surface area contributed by atoms with E-state index in [-0.39, 0.29) is 28.7 Å². The lowest BCUT2D eigenvalue weighted by atomic mass is 10.0. The summed E-state index contributed by atoms with van der Waals surface area (Å²) in [7, 11) is -3.43. The number of benzene rings is 3. The molecule has 10 heteroatoms. The van der Waals surface area contributed by atoms with Crippen LogP contribution in [0.1, 0.15) is 50.8 Å². The van der Waals surface area contributed by atoms with Crippen molar-refractivity contribution in [2.75, 3.05) is 17.7 Å². The molecule has 4 aromatic rings. The SMILES string of the molecule is CCOc1cc([C@H](Nc2ccc3c(N)nccc3c2)C(=O)NCc2ccccc2S(=O)(=O)C2CC2)ccc1OC(C)C. The lowest BCUT2D eigenvalue weighted by Gasteiger charge is -2.23. The number of pyridine rings is 1. The first-order valence-electron chi connectivity index (χ1n) is 14.1. The number of hydrogen-bond donors (Lipinski definition) is 3. The maximum Gasteiger partial charge on any atom is 0.247 e. The Bertz CT molecular complexity index is 1700. The smallest absolute Gasteiger partial charge is 0.247 e. The molecule has 5 rings (SSSR count). The first-order chi connectivity index (χ1) is 20.2. The fraction of sp³-hybridized carbons (Fsp3) is 0.312. The molecule has 1 aliphatic carbocycles. The monoisotopic (exact) mass is 588 g/mol. The molecule has 4 N–H and O–H groups in total. The van der Waals surface area contributed by atoms with Gasteiger partial charge in [0, 0.05) is 23.8 Å². The van der Waals surface area contributed by atoms with Gasteiger partial charge in [0.1, 0.15) is 11.9 Å². The first kappa shape index (κ1) is 29.2. The lowest BCUT2D eigenvalue weighted by Crippen LogP contribution is -2.33. The summed E-state index contributed by atoms with van der Waals surface area (Å²) in [5.74, 6) is 1.21. The molecule has 0 aliphatic heterocycles. The molecule has 0 unspecified atom stereocenters. The Hall–Kier alpha value is -4.31. The second-order valence-electron chi connectivity index (χ2n) is 10.6. The van der Waals surface area contributed by atoms with Crippen molar-refractivity contribution in [3.63, 3.8) is 0 Å². The summed E-state index contributed by atoms with van der Waals surface area (Å²) in [6, 6.07) is 18.9. The summed E-state index contributed by atoms with van der Waals surface area (Å²) in [6.45, 7) is 6.24. The van der Waals surface area contributed by atoms with Gasteiger partial charge in [-0.15, -0.1) is 0 Å². The maximum absolute atomic E-state index is 13.9. The van der Waals surface area contributed by atoms with E-state index in [4.69, 9.17) is 15.2 Å². The second-order valence-corrected chi connectivity index (χ2v) is 12.8. The van der Waals surface area contributed by atoms with Gasteiger partial charge in [-0.1, -0.05) is 24.3 Å². The zero-order valence-corrected chi connectivity index (χ0v) is 24.8. The summed E-state index contributed by atoms with van der Waals surface area (Å²) in [6.07, 6.45) is 2.92. The average molecular weight is 589 g/mol. The minimum Gasteiger partial charge on any atom is -0.490 e. The van der Waals surface area contributed by atoms with Gasteiger partial charge in [0.05, 0.1) is 22.9 Å². The number of nitrogens with two attached hydrogens (primary N) is 1. The highest BCUT2D eigenvalue weighted by Gasteiger charge is 2.38. The number of carbonyl (C=O) groups is 1. The predicted molar refractivity (Wildman–Crippen MR) is 164 cm³/mol. The van der Waals surface area contributed by atoms with Crippen LogP contribution in [-0.2, 0) is 21.2 Å². The largest absolute Gasteiger partial charge is 0.490 e. The van der Waals surface area contributed by atoms with Gasteiger partial charge in [0.25, 0.3) is 0 Å². The lowest BCUT2D eigenvalue weighted by molar-refractivity contribution is -0.122. The fourth-order valence-electron chi connectivity index (χ4n) is 4.85. The number of amides is 1. The second kappa shape index (κ2) is 12.3. The molecular weight excluding hydrogens is 552 g/mol. The number of nitrogen functional groups attached to an aromatic ring is 1. The van der Waals surface area contributed by atoms with Crippen LogP contribution in [0.15, 0.2) is 77.8 Å². The zero-order valence-electron chi connectivity index (χ0n) is 24.0. The van der Waals surface area contributed by atoms with E-state index in [2.05, 4.69) is 15.6 Å². The van der Waals surface area contributed by atoms with Gasteiger partial charge in [-0.2, -0.15) is 0 Å². The Labute approximate surface area is 246 Å². The molecule has 1 aromatic heterocycles. The third-order valence-electron chi connectivity index (χ3n) is 7.03. The highest BCUT2D eigenvalue weighted by molar-refractivity contribution is 7.92. The summed E-state index contributed by atoms with van der Waals surface area (Å²) in [5, 5.41) is 7.67. The third-order valence-corrected chi connectivity index (χ3v) is 9.39. The van der Waals surface area contributed by atoms with E-state index in [1.165, 1.54) is 0 Å². The topological polar surface area (TPSA) is 133 Å². The van der Waals surface area contributed by atoms with E-state index in [9.17, 15) is 13.2 Å². The number of nitrogens with one attached hydrogen (secondary N) is 2. The van der Waals surface area contributed by atoms with Crippen LogP contribution >= 0.6 is 0 Å². The van der Waals surface area contributed by atoms with E-state index in [1.54, 1.807) is 42.6 Å². The summed E-state index contributed by atoms with van der Waals surface area (Å²) >= 11 is 0. The Kier molecular flexibility index (Phi) is 8.54. The number of carbonyl (C=O) groups excluding carboxylic acids is 1. The number of aromatic nitrogens is 1. The van der Waals surface area contributed by atoms with E-state index in [0.29, 0.717) is 53.6 Å². The van der Waals surface area contributed by atoms with E-state index >= 15 is 0 Å². The van der Waals surface area contributed by atoms with Crippen molar-refractivity contribution in [3.8, 4) is 11.5 Å². The summed E-state index contributed by atoms with van der Waals surface area (Å²) < 4.78 is 37.9. The molecule has 1 aliphatic rings. The quantitative estimate of drug-likeness (QED) is 0.200. The average Bonchev–Trinajstić information content (AvgIpc) is 3.82. The molecule has 220 valence electrons. The van der Waals surface area contributed by atoms with E-state index in [0.717, 1.165) is 10.8 Å². The molecule has 1 atom stereocenters. The van der Waals surface area contributed by atoms with Crippen molar-refractivity contribution < 1.29 is 22.7 Å². The molecule has 9 nitrogen and oxygen atoms in total. The molecule has 1 saturated carbocycles. The Morgan fingerprint density at radius 2 is 1.83 bits per heavy atom. The standard InChI is InChI=1S/C32H36N4O5S/c1-4-40-28-18-22(9-14-27(28)41-20(2)3)30(36-24-10-13-26-21(17-24)15-16-34-31(26)33)32(37)35-19-23-7-5-6-8-29(23)42(38,39)25-11-12-25/h5-10,13-18,20,25,30,36H,4,11-12,19H2,1-3H3,(H2,33,34)(H,35,37)/t30-/m0/s1. The third kappa shape index (κ3) is 6.44. The van der Waals surface area contributed by atoms with Gasteiger partial charge in [0.15, 0.2) is 21.3 Å². The summed E-state index contributed by atoms with van der Waals surface area (Å²) in [4.78, 5) is 18.3. The van der Waals surface area contributed by atoms with Crippen molar-refractivity contribution in [2.45, 2.75) is 62.4 Å². The van der Waals surface area contributed by atoms with Gasteiger partial charge >= 0.3 is 0 Å². The molecule has 42 heavy (non-hydrogen) atoms. The van der Waals surface area contributed by atoms with E-state index < -0.39 is 15.9 Å². The van der Waals surface area contributed by atoms with Crippen molar-refractivity contribution in [1.29, 1.82) is 0 Å². The van der Waals surface area contributed by atoms with Crippen molar-refractivity contribution in [1.82, 2.24) is 10.3 Å². The number of nitrogens with zero attached hydrogens (tertiary/aromatic N) is 1. The number of anilines is 2. The highest BCUT2D eigenvalue weighted by atomic mass is 32.2.